The largest absolute Gasteiger partial charge is 0.494 e. The average molecular weight is 294 g/mol. The van der Waals surface area contributed by atoms with Crippen molar-refractivity contribution in [3.05, 3.63) is 24.3 Å². The van der Waals surface area contributed by atoms with Crippen LogP contribution in [-0.4, -0.2) is 40.7 Å². The normalized spacial score (nSPS) is 10.9. The van der Waals surface area contributed by atoms with Crippen LogP contribution >= 0.6 is 0 Å². The van der Waals surface area contributed by atoms with Gasteiger partial charge in [-0.1, -0.05) is 0 Å². The van der Waals surface area contributed by atoms with Gasteiger partial charge in [-0.3, -0.25) is 0 Å². The quantitative estimate of drug-likeness (QED) is 0.845. The summed E-state index contributed by atoms with van der Waals surface area (Å²) < 4.78 is 5.32. The molecule has 6 nitrogen and oxygen atoms in total. The summed E-state index contributed by atoms with van der Waals surface area (Å²) >= 11 is 0. The molecule has 1 aromatic rings. The van der Waals surface area contributed by atoms with E-state index >= 15 is 0 Å². The highest BCUT2D eigenvalue weighted by Gasteiger charge is 2.36. The second-order valence-electron chi connectivity index (χ2n) is 5.00. The molecule has 1 aromatic carbocycles. The molecule has 21 heavy (non-hydrogen) atoms. The number of hydrogen-bond donors (Lipinski definition) is 2. The number of aliphatic carboxylic acids is 1. The molecular formula is C15H22N2O4. The van der Waals surface area contributed by atoms with Gasteiger partial charge in [-0.25, -0.2) is 9.59 Å². The first-order valence-electron chi connectivity index (χ1n) is 6.87. The monoisotopic (exact) mass is 294 g/mol. The molecule has 6 heteroatoms. The minimum Gasteiger partial charge on any atom is -0.494 e. The minimum atomic E-state index is -1.27. The molecule has 0 aliphatic rings. The van der Waals surface area contributed by atoms with Gasteiger partial charge in [-0.2, -0.15) is 0 Å². The first-order valence-corrected chi connectivity index (χ1v) is 6.87. The Kier molecular flexibility index (Phi) is 5.58. The molecule has 0 spiro atoms. The Morgan fingerprint density at radius 1 is 1.24 bits per heavy atom. The molecule has 0 unspecified atom stereocenters. The summed E-state index contributed by atoms with van der Waals surface area (Å²) in [5.74, 6) is -0.333. The second kappa shape index (κ2) is 6.97. The number of carboxylic acid groups (broad SMARTS) is 1. The third kappa shape index (κ3) is 4.11. The Labute approximate surface area is 124 Å². The minimum absolute atomic E-state index is 0.294. The molecule has 116 valence electrons. The zero-order valence-corrected chi connectivity index (χ0v) is 12.8. The summed E-state index contributed by atoms with van der Waals surface area (Å²) in [5, 5.41) is 11.9. The fraction of sp³-hybridized carbons (Fsp3) is 0.467. The Morgan fingerprint density at radius 3 is 2.24 bits per heavy atom. The Hall–Kier alpha value is -2.24. The van der Waals surface area contributed by atoms with Crippen molar-refractivity contribution in [1.82, 2.24) is 4.90 Å². The van der Waals surface area contributed by atoms with Crippen LogP contribution in [0.2, 0.25) is 0 Å². The van der Waals surface area contributed by atoms with Crippen LogP contribution in [-0.2, 0) is 4.79 Å². The van der Waals surface area contributed by atoms with Crippen LogP contribution in [0, 0.1) is 0 Å². The SMILES string of the molecule is CCOc1ccc(NC(=O)N(CC)C(C)(C)C(=O)O)cc1. The zero-order valence-electron chi connectivity index (χ0n) is 12.8. The van der Waals surface area contributed by atoms with E-state index in [0.29, 0.717) is 24.6 Å². The number of rotatable bonds is 6. The van der Waals surface area contributed by atoms with Crippen LogP contribution < -0.4 is 10.1 Å². The van der Waals surface area contributed by atoms with Crippen molar-refractivity contribution in [2.75, 3.05) is 18.5 Å². The van der Waals surface area contributed by atoms with Crippen molar-refractivity contribution in [3.8, 4) is 5.75 Å². The van der Waals surface area contributed by atoms with Crippen LogP contribution in [0.15, 0.2) is 24.3 Å². The summed E-state index contributed by atoms with van der Waals surface area (Å²) in [6.45, 7) is 7.49. The lowest BCUT2D eigenvalue weighted by Crippen LogP contribution is -2.54. The van der Waals surface area contributed by atoms with Gasteiger partial charge in [0, 0.05) is 12.2 Å². The van der Waals surface area contributed by atoms with Gasteiger partial charge in [0.25, 0.3) is 0 Å². The number of carbonyl (C=O) groups is 2. The maximum atomic E-state index is 12.2. The summed E-state index contributed by atoms with van der Waals surface area (Å²) in [5.41, 5.74) is -0.688. The van der Waals surface area contributed by atoms with Gasteiger partial charge < -0.3 is 20.1 Å². The van der Waals surface area contributed by atoms with E-state index in [0.717, 1.165) is 0 Å². The lowest BCUT2D eigenvalue weighted by molar-refractivity contribution is -0.147. The van der Waals surface area contributed by atoms with Crippen molar-refractivity contribution in [3.63, 3.8) is 0 Å². The highest BCUT2D eigenvalue weighted by molar-refractivity contribution is 5.93. The highest BCUT2D eigenvalue weighted by atomic mass is 16.5. The van der Waals surface area contributed by atoms with Crippen LogP contribution in [0.1, 0.15) is 27.7 Å². The number of ether oxygens (including phenoxy) is 1. The number of nitrogens with one attached hydrogen (secondary N) is 1. The van der Waals surface area contributed by atoms with E-state index in [-0.39, 0.29) is 0 Å². The predicted molar refractivity (Wildman–Crippen MR) is 80.7 cm³/mol. The second-order valence-corrected chi connectivity index (χ2v) is 5.00. The van der Waals surface area contributed by atoms with E-state index in [2.05, 4.69) is 5.32 Å². The number of amides is 2. The number of anilines is 1. The maximum Gasteiger partial charge on any atom is 0.329 e. The van der Waals surface area contributed by atoms with Crippen LogP contribution in [0.3, 0.4) is 0 Å². The highest BCUT2D eigenvalue weighted by Crippen LogP contribution is 2.19. The summed E-state index contributed by atoms with van der Waals surface area (Å²) in [6.07, 6.45) is 0. The molecule has 0 radical (unpaired) electrons. The fourth-order valence-corrected chi connectivity index (χ4v) is 1.90. The molecule has 0 saturated heterocycles. The molecule has 2 N–H and O–H groups in total. The number of carbonyl (C=O) groups excluding carboxylic acids is 1. The number of carboxylic acids is 1. The van der Waals surface area contributed by atoms with Crippen molar-refractivity contribution >= 4 is 17.7 Å². The Bertz CT molecular complexity index is 497. The molecule has 0 aliphatic heterocycles. The third-order valence-corrected chi connectivity index (χ3v) is 3.18. The van der Waals surface area contributed by atoms with Gasteiger partial charge in [0.2, 0.25) is 0 Å². The van der Waals surface area contributed by atoms with Crippen molar-refractivity contribution < 1.29 is 19.4 Å². The lowest BCUT2D eigenvalue weighted by Gasteiger charge is -2.34. The zero-order chi connectivity index (χ0) is 16.0. The first-order chi connectivity index (χ1) is 9.82. The van der Waals surface area contributed by atoms with Gasteiger partial charge in [-0.15, -0.1) is 0 Å². The number of hydrogen-bond acceptors (Lipinski definition) is 3. The summed E-state index contributed by atoms with van der Waals surface area (Å²) in [6, 6.07) is 6.47. The number of benzene rings is 1. The van der Waals surface area contributed by atoms with E-state index in [1.54, 1.807) is 31.2 Å². The lowest BCUT2D eigenvalue weighted by atomic mass is 10.0. The topological polar surface area (TPSA) is 78.9 Å². The van der Waals surface area contributed by atoms with Gasteiger partial charge in [0.15, 0.2) is 0 Å². The van der Waals surface area contributed by atoms with Crippen LogP contribution in [0.25, 0.3) is 0 Å². The fourth-order valence-electron chi connectivity index (χ4n) is 1.90. The van der Waals surface area contributed by atoms with Crippen LogP contribution in [0.4, 0.5) is 10.5 Å². The Morgan fingerprint density at radius 2 is 1.81 bits per heavy atom. The van der Waals surface area contributed by atoms with E-state index in [1.165, 1.54) is 18.7 Å². The Balaban J connectivity index is 2.81. The molecule has 0 atom stereocenters. The number of urea groups is 1. The van der Waals surface area contributed by atoms with E-state index in [4.69, 9.17) is 4.74 Å². The predicted octanol–water partition coefficient (Wildman–Crippen LogP) is 2.80. The van der Waals surface area contributed by atoms with E-state index in [9.17, 15) is 14.7 Å². The van der Waals surface area contributed by atoms with Crippen molar-refractivity contribution in [2.24, 2.45) is 0 Å². The van der Waals surface area contributed by atoms with Crippen molar-refractivity contribution in [2.45, 2.75) is 33.2 Å². The molecule has 0 bridgehead atoms. The maximum absolute atomic E-state index is 12.2. The third-order valence-electron chi connectivity index (χ3n) is 3.18. The molecule has 0 heterocycles. The van der Waals surface area contributed by atoms with E-state index in [1.807, 2.05) is 6.92 Å². The summed E-state index contributed by atoms with van der Waals surface area (Å²) in [7, 11) is 0. The van der Waals surface area contributed by atoms with E-state index < -0.39 is 17.5 Å². The number of nitrogens with zero attached hydrogens (tertiary/aromatic N) is 1. The first kappa shape index (κ1) is 16.8. The molecule has 0 fully saturated rings. The molecule has 2 amide bonds. The number of likely N-dealkylation sites (N-methyl/N-ethyl adjacent to an activating group) is 1. The molecule has 0 saturated carbocycles. The van der Waals surface area contributed by atoms with Crippen molar-refractivity contribution in [1.29, 1.82) is 0 Å². The smallest absolute Gasteiger partial charge is 0.329 e. The van der Waals surface area contributed by atoms with Gasteiger partial charge in [-0.05, 0) is 52.0 Å². The van der Waals surface area contributed by atoms with Gasteiger partial charge in [0.05, 0.1) is 6.61 Å². The van der Waals surface area contributed by atoms with Crippen LogP contribution in [0.5, 0.6) is 5.75 Å². The molecule has 0 aliphatic carbocycles. The van der Waals surface area contributed by atoms with Gasteiger partial charge in [0.1, 0.15) is 11.3 Å². The summed E-state index contributed by atoms with van der Waals surface area (Å²) in [4.78, 5) is 24.8. The van der Waals surface area contributed by atoms with Gasteiger partial charge >= 0.3 is 12.0 Å². The molecule has 0 aromatic heterocycles. The standard InChI is InChI=1S/C15H22N2O4/c1-5-17(15(3,4)13(18)19)14(20)16-11-7-9-12(10-8-11)21-6-2/h7-10H,5-6H2,1-4H3,(H,16,20)(H,18,19). The molecular weight excluding hydrogens is 272 g/mol. The average Bonchev–Trinajstić information content (AvgIpc) is 2.41. The molecule has 1 rings (SSSR count).